The number of aryl methyl sites for hydroxylation is 2. The number of pyridine rings is 1. The monoisotopic (exact) mass is 381 g/mol. The third-order valence-corrected chi connectivity index (χ3v) is 5.15. The van der Waals surface area contributed by atoms with Gasteiger partial charge in [0, 0.05) is 30.0 Å². The number of carbonyl (C=O) groups excluding carboxylic acids is 1. The lowest BCUT2D eigenvalue weighted by Crippen LogP contribution is -2.28. The van der Waals surface area contributed by atoms with Crippen LogP contribution in [0.25, 0.3) is 21.9 Å². The molecule has 0 saturated carbocycles. The van der Waals surface area contributed by atoms with Crippen molar-refractivity contribution in [3.63, 3.8) is 0 Å². The lowest BCUT2D eigenvalue weighted by Gasteiger charge is -2.12. The minimum Gasteiger partial charge on any atom is -0.334 e. The van der Waals surface area contributed by atoms with Crippen molar-refractivity contribution in [1.29, 1.82) is 0 Å². The molecule has 1 heterocycles. The molecule has 0 saturated heterocycles. The number of amides is 2. The molecule has 29 heavy (non-hydrogen) atoms. The second-order valence-electron chi connectivity index (χ2n) is 7.20. The predicted molar refractivity (Wildman–Crippen MR) is 119 cm³/mol. The summed E-state index contributed by atoms with van der Waals surface area (Å²) in [6, 6.07) is 22.1. The van der Waals surface area contributed by atoms with Crippen molar-refractivity contribution in [2.45, 2.75) is 20.4 Å². The van der Waals surface area contributed by atoms with Crippen LogP contribution in [0.3, 0.4) is 0 Å². The second kappa shape index (κ2) is 8.15. The standard InChI is InChI=1S/C25H23N3O/c1-17-5-3-4-6-21(17)16-27-25(29)28-23-10-7-18(2)24(14-23)20-9-8-19-11-12-26-15-22(19)13-20/h3-15H,16H2,1-2H3,(H2,27,28,29). The number of rotatable bonds is 4. The van der Waals surface area contributed by atoms with E-state index in [0.717, 1.165) is 44.3 Å². The summed E-state index contributed by atoms with van der Waals surface area (Å²) in [5.74, 6) is 0. The highest BCUT2D eigenvalue weighted by Gasteiger charge is 2.08. The van der Waals surface area contributed by atoms with E-state index < -0.39 is 0 Å². The summed E-state index contributed by atoms with van der Waals surface area (Å²) < 4.78 is 0. The quantitative estimate of drug-likeness (QED) is 0.466. The van der Waals surface area contributed by atoms with Crippen LogP contribution in [0.15, 0.2) is 79.1 Å². The SMILES string of the molecule is Cc1ccccc1CNC(=O)Nc1ccc(C)c(-c2ccc3ccncc3c2)c1. The molecule has 144 valence electrons. The van der Waals surface area contributed by atoms with E-state index in [1.54, 1.807) is 6.20 Å². The Hall–Kier alpha value is -3.66. The summed E-state index contributed by atoms with van der Waals surface area (Å²) in [7, 11) is 0. The van der Waals surface area contributed by atoms with Crippen LogP contribution in [0.5, 0.6) is 0 Å². The average Bonchev–Trinajstić information content (AvgIpc) is 2.74. The Balaban J connectivity index is 1.51. The molecular formula is C25H23N3O. The smallest absolute Gasteiger partial charge is 0.319 e. The molecule has 0 spiro atoms. The van der Waals surface area contributed by atoms with Gasteiger partial charge in [0.15, 0.2) is 0 Å². The topological polar surface area (TPSA) is 54.0 Å². The van der Waals surface area contributed by atoms with Crippen LogP contribution in [0.2, 0.25) is 0 Å². The van der Waals surface area contributed by atoms with E-state index in [4.69, 9.17) is 0 Å². The molecule has 0 aliphatic rings. The maximum absolute atomic E-state index is 12.4. The second-order valence-corrected chi connectivity index (χ2v) is 7.20. The van der Waals surface area contributed by atoms with Crippen molar-refractivity contribution in [2.75, 3.05) is 5.32 Å². The number of aromatic nitrogens is 1. The molecule has 3 aromatic carbocycles. The first-order chi connectivity index (χ1) is 14.1. The molecular weight excluding hydrogens is 358 g/mol. The van der Waals surface area contributed by atoms with Crippen LogP contribution < -0.4 is 10.6 Å². The number of anilines is 1. The Kier molecular flexibility index (Phi) is 5.25. The average molecular weight is 381 g/mol. The third kappa shape index (κ3) is 4.27. The van der Waals surface area contributed by atoms with Crippen molar-refractivity contribution >= 4 is 22.5 Å². The molecule has 4 heteroatoms. The van der Waals surface area contributed by atoms with Crippen molar-refractivity contribution < 1.29 is 4.79 Å². The Labute approximate surface area is 170 Å². The Bertz CT molecular complexity index is 1180. The third-order valence-electron chi connectivity index (χ3n) is 5.15. The summed E-state index contributed by atoms with van der Waals surface area (Å²) in [5.41, 5.74) is 6.38. The fraction of sp³-hybridized carbons (Fsp3) is 0.120. The van der Waals surface area contributed by atoms with Crippen LogP contribution in [0.1, 0.15) is 16.7 Å². The maximum atomic E-state index is 12.4. The zero-order valence-electron chi connectivity index (χ0n) is 16.6. The highest BCUT2D eigenvalue weighted by Crippen LogP contribution is 2.29. The predicted octanol–water partition coefficient (Wildman–Crippen LogP) is 5.84. The molecule has 4 nitrogen and oxygen atoms in total. The largest absolute Gasteiger partial charge is 0.334 e. The molecule has 0 fully saturated rings. The van der Waals surface area contributed by atoms with Gasteiger partial charge in [-0.3, -0.25) is 4.98 Å². The number of urea groups is 1. The molecule has 1 aromatic heterocycles. The lowest BCUT2D eigenvalue weighted by molar-refractivity contribution is 0.251. The van der Waals surface area contributed by atoms with Gasteiger partial charge in [-0.25, -0.2) is 4.79 Å². The van der Waals surface area contributed by atoms with E-state index in [2.05, 4.69) is 40.7 Å². The fourth-order valence-corrected chi connectivity index (χ4v) is 3.42. The summed E-state index contributed by atoms with van der Waals surface area (Å²) in [6.07, 6.45) is 3.67. The maximum Gasteiger partial charge on any atom is 0.319 e. The van der Waals surface area contributed by atoms with Gasteiger partial charge in [-0.1, -0.05) is 42.5 Å². The number of benzene rings is 3. The van der Waals surface area contributed by atoms with E-state index in [-0.39, 0.29) is 6.03 Å². The van der Waals surface area contributed by atoms with Gasteiger partial charge in [0.25, 0.3) is 0 Å². The van der Waals surface area contributed by atoms with Gasteiger partial charge in [0.05, 0.1) is 0 Å². The summed E-state index contributed by atoms with van der Waals surface area (Å²) in [4.78, 5) is 16.6. The highest BCUT2D eigenvalue weighted by atomic mass is 16.2. The molecule has 0 aliphatic heterocycles. The summed E-state index contributed by atoms with van der Waals surface area (Å²) in [6.45, 7) is 4.61. The highest BCUT2D eigenvalue weighted by molar-refractivity contribution is 5.91. The van der Waals surface area contributed by atoms with E-state index in [1.165, 1.54) is 0 Å². The fourth-order valence-electron chi connectivity index (χ4n) is 3.42. The molecule has 0 bridgehead atoms. The first-order valence-electron chi connectivity index (χ1n) is 9.64. The number of fused-ring (bicyclic) bond motifs is 1. The summed E-state index contributed by atoms with van der Waals surface area (Å²) in [5, 5.41) is 8.13. The Morgan fingerprint density at radius 1 is 0.897 bits per heavy atom. The minimum atomic E-state index is -0.217. The number of carbonyl (C=O) groups is 1. The van der Waals surface area contributed by atoms with E-state index in [1.807, 2.05) is 61.7 Å². The van der Waals surface area contributed by atoms with E-state index >= 15 is 0 Å². The van der Waals surface area contributed by atoms with Gasteiger partial charge in [-0.2, -0.15) is 0 Å². The Morgan fingerprint density at radius 3 is 2.62 bits per heavy atom. The summed E-state index contributed by atoms with van der Waals surface area (Å²) >= 11 is 0. The molecule has 2 amide bonds. The van der Waals surface area contributed by atoms with Gasteiger partial charge in [0.2, 0.25) is 0 Å². The first-order valence-corrected chi connectivity index (χ1v) is 9.64. The number of hydrogen-bond acceptors (Lipinski definition) is 2. The van der Waals surface area contributed by atoms with Crippen molar-refractivity contribution in [2.24, 2.45) is 0 Å². The lowest BCUT2D eigenvalue weighted by atomic mass is 9.98. The van der Waals surface area contributed by atoms with Gasteiger partial charge >= 0.3 is 6.03 Å². The zero-order valence-corrected chi connectivity index (χ0v) is 16.6. The first kappa shape index (κ1) is 18.7. The van der Waals surface area contributed by atoms with Crippen molar-refractivity contribution in [3.05, 3.63) is 95.8 Å². The van der Waals surface area contributed by atoms with Gasteiger partial charge in [0.1, 0.15) is 0 Å². The molecule has 0 atom stereocenters. The van der Waals surface area contributed by atoms with Gasteiger partial charge < -0.3 is 10.6 Å². The van der Waals surface area contributed by atoms with E-state index in [0.29, 0.717) is 6.54 Å². The van der Waals surface area contributed by atoms with Crippen LogP contribution >= 0.6 is 0 Å². The molecule has 0 unspecified atom stereocenters. The zero-order chi connectivity index (χ0) is 20.2. The van der Waals surface area contributed by atoms with Crippen LogP contribution in [-0.4, -0.2) is 11.0 Å². The molecule has 0 radical (unpaired) electrons. The van der Waals surface area contributed by atoms with Gasteiger partial charge in [-0.15, -0.1) is 0 Å². The molecule has 0 aliphatic carbocycles. The van der Waals surface area contributed by atoms with E-state index in [9.17, 15) is 4.79 Å². The Morgan fingerprint density at radius 2 is 1.76 bits per heavy atom. The van der Waals surface area contributed by atoms with Crippen LogP contribution in [0.4, 0.5) is 10.5 Å². The van der Waals surface area contributed by atoms with Crippen LogP contribution in [-0.2, 0) is 6.54 Å². The number of nitrogens with one attached hydrogen (secondary N) is 2. The van der Waals surface area contributed by atoms with Crippen LogP contribution in [0, 0.1) is 13.8 Å². The molecule has 2 N–H and O–H groups in total. The number of nitrogens with zero attached hydrogens (tertiary/aromatic N) is 1. The normalized spacial score (nSPS) is 10.7. The van der Waals surface area contributed by atoms with Crippen molar-refractivity contribution in [3.8, 4) is 11.1 Å². The molecule has 4 rings (SSSR count). The minimum absolute atomic E-state index is 0.217. The molecule has 4 aromatic rings. The van der Waals surface area contributed by atoms with Crippen molar-refractivity contribution in [1.82, 2.24) is 10.3 Å². The van der Waals surface area contributed by atoms with Gasteiger partial charge in [-0.05, 0) is 71.3 Å². The number of hydrogen-bond donors (Lipinski definition) is 2.